The van der Waals surface area contributed by atoms with E-state index in [4.69, 9.17) is 0 Å². The van der Waals surface area contributed by atoms with Crippen LogP contribution < -0.4 is 0 Å². The fourth-order valence-corrected chi connectivity index (χ4v) is 2.16. The largest absolute Gasteiger partial charge is 0.335 e. The number of hydrogen-bond acceptors (Lipinski definition) is 2. The molecule has 4 heteroatoms. The summed E-state index contributed by atoms with van der Waals surface area (Å²) >= 11 is 4.19. The zero-order chi connectivity index (χ0) is 14.7. The van der Waals surface area contributed by atoms with Crippen molar-refractivity contribution in [3.63, 3.8) is 0 Å². The minimum atomic E-state index is -0.334. The van der Waals surface area contributed by atoms with Crippen molar-refractivity contribution in [2.75, 3.05) is 7.05 Å². The van der Waals surface area contributed by atoms with E-state index in [0.717, 1.165) is 4.90 Å². The van der Waals surface area contributed by atoms with E-state index in [1.54, 1.807) is 49.5 Å². The van der Waals surface area contributed by atoms with Crippen LogP contribution in [-0.2, 0) is 0 Å². The molecule has 1 unspecified atom stereocenters. The van der Waals surface area contributed by atoms with Gasteiger partial charge in [0.15, 0.2) is 0 Å². The van der Waals surface area contributed by atoms with Crippen LogP contribution in [0.2, 0.25) is 0 Å². The van der Waals surface area contributed by atoms with E-state index in [2.05, 4.69) is 12.6 Å². The van der Waals surface area contributed by atoms with E-state index in [0.29, 0.717) is 11.1 Å². The van der Waals surface area contributed by atoms with Crippen LogP contribution in [0.4, 0.5) is 4.39 Å². The molecular weight excluding hydrogens is 273 g/mol. The highest BCUT2D eigenvalue weighted by Gasteiger charge is 2.20. The van der Waals surface area contributed by atoms with E-state index in [9.17, 15) is 9.18 Å². The molecular formula is C16H16FNOS. The van der Waals surface area contributed by atoms with Crippen LogP contribution in [0.1, 0.15) is 28.9 Å². The lowest BCUT2D eigenvalue weighted by atomic mass is 10.1. The van der Waals surface area contributed by atoms with Gasteiger partial charge in [-0.1, -0.05) is 18.2 Å². The van der Waals surface area contributed by atoms with Gasteiger partial charge in [-0.3, -0.25) is 4.79 Å². The minimum Gasteiger partial charge on any atom is -0.335 e. The lowest BCUT2D eigenvalue weighted by molar-refractivity contribution is 0.0740. The smallest absolute Gasteiger partial charge is 0.254 e. The SMILES string of the molecule is CC(c1ccccc1F)N(C)C(=O)c1ccc(S)cc1. The van der Waals surface area contributed by atoms with Crippen LogP contribution >= 0.6 is 12.6 Å². The van der Waals surface area contributed by atoms with Crippen LogP contribution in [0.25, 0.3) is 0 Å². The van der Waals surface area contributed by atoms with E-state index in [1.807, 2.05) is 6.92 Å². The van der Waals surface area contributed by atoms with Crippen LogP contribution in [-0.4, -0.2) is 17.9 Å². The number of nitrogens with zero attached hydrogens (tertiary/aromatic N) is 1. The topological polar surface area (TPSA) is 20.3 Å². The molecule has 0 aliphatic heterocycles. The van der Waals surface area contributed by atoms with Gasteiger partial charge in [0.25, 0.3) is 5.91 Å². The number of hydrogen-bond donors (Lipinski definition) is 1. The van der Waals surface area contributed by atoms with Gasteiger partial charge < -0.3 is 4.90 Å². The molecule has 0 N–H and O–H groups in total. The summed E-state index contributed by atoms with van der Waals surface area (Å²) in [5.74, 6) is -0.445. The maximum Gasteiger partial charge on any atom is 0.254 e. The van der Waals surface area contributed by atoms with Crippen LogP contribution in [0.5, 0.6) is 0 Å². The molecule has 20 heavy (non-hydrogen) atoms. The number of carbonyl (C=O) groups is 1. The van der Waals surface area contributed by atoms with E-state index in [1.165, 1.54) is 11.0 Å². The van der Waals surface area contributed by atoms with Crippen molar-refractivity contribution in [3.05, 3.63) is 65.5 Å². The molecule has 0 aromatic heterocycles. The first kappa shape index (κ1) is 14.6. The van der Waals surface area contributed by atoms with Crippen molar-refractivity contribution in [2.24, 2.45) is 0 Å². The van der Waals surface area contributed by atoms with Gasteiger partial charge in [-0.25, -0.2) is 4.39 Å². The van der Waals surface area contributed by atoms with Crippen LogP contribution in [0.3, 0.4) is 0 Å². The Hall–Kier alpha value is -1.81. The molecule has 0 aliphatic rings. The van der Waals surface area contributed by atoms with Gasteiger partial charge in [0, 0.05) is 23.1 Å². The molecule has 2 nitrogen and oxygen atoms in total. The van der Waals surface area contributed by atoms with Crippen molar-refractivity contribution in [2.45, 2.75) is 17.9 Å². The fourth-order valence-electron chi connectivity index (χ4n) is 2.01. The summed E-state index contributed by atoms with van der Waals surface area (Å²) in [4.78, 5) is 14.7. The Morgan fingerprint density at radius 2 is 1.75 bits per heavy atom. The number of halogens is 1. The molecule has 0 bridgehead atoms. The first-order valence-corrected chi connectivity index (χ1v) is 6.76. The van der Waals surface area contributed by atoms with E-state index >= 15 is 0 Å². The third kappa shape index (κ3) is 3.02. The van der Waals surface area contributed by atoms with Gasteiger partial charge in [-0.05, 0) is 37.3 Å². The van der Waals surface area contributed by atoms with Gasteiger partial charge in [-0.15, -0.1) is 12.6 Å². The van der Waals surface area contributed by atoms with Gasteiger partial charge in [0.05, 0.1) is 6.04 Å². The summed E-state index contributed by atoms with van der Waals surface area (Å²) in [6.07, 6.45) is 0. The van der Waals surface area contributed by atoms with Crippen LogP contribution in [0.15, 0.2) is 53.4 Å². The van der Waals surface area contributed by atoms with Crippen molar-refractivity contribution >= 4 is 18.5 Å². The van der Waals surface area contributed by atoms with Gasteiger partial charge in [-0.2, -0.15) is 0 Å². The molecule has 0 spiro atoms. The van der Waals surface area contributed by atoms with Crippen molar-refractivity contribution < 1.29 is 9.18 Å². The predicted octanol–water partition coefficient (Wildman–Crippen LogP) is 3.95. The van der Waals surface area contributed by atoms with Crippen molar-refractivity contribution in [1.82, 2.24) is 4.90 Å². The van der Waals surface area contributed by atoms with Crippen molar-refractivity contribution in [3.8, 4) is 0 Å². The Morgan fingerprint density at radius 3 is 2.35 bits per heavy atom. The first-order valence-electron chi connectivity index (χ1n) is 6.31. The summed E-state index contributed by atoms with van der Waals surface area (Å²) in [5.41, 5.74) is 1.07. The molecule has 0 saturated carbocycles. The highest BCUT2D eigenvalue weighted by molar-refractivity contribution is 7.80. The molecule has 104 valence electrons. The quantitative estimate of drug-likeness (QED) is 0.848. The lowest BCUT2D eigenvalue weighted by Crippen LogP contribution is -2.30. The second kappa shape index (κ2) is 6.09. The standard InChI is InChI=1S/C16H16FNOS/c1-11(14-5-3-4-6-15(14)17)18(2)16(19)12-7-9-13(20)10-8-12/h3-11,20H,1-2H3. The predicted molar refractivity (Wildman–Crippen MR) is 80.6 cm³/mol. The monoisotopic (exact) mass is 289 g/mol. The van der Waals surface area contributed by atoms with E-state index in [-0.39, 0.29) is 17.8 Å². The zero-order valence-electron chi connectivity index (χ0n) is 11.4. The average molecular weight is 289 g/mol. The molecule has 0 fully saturated rings. The highest BCUT2D eigenvalue weighted by atomic mass is 32.1. The van der Waals surface area contributed by atoms with Crippen LogP contribution in [0, 0.1) is 5.82 Å². The molecule has 0 saturated heterocycles. The summed E-state index contributed by atoms with van der Waals surface area (Å²) in [6.45, 7) is 1.81. The molecule has 1 amide bonds. The normalized spacial score (nSPS) is 12.0. The Balaban J connectivity index is 2.22. The summed E-state index contributed by atoms with van der Waals surface area (Å²) in [6, 6.07) is 13.1. The Labute approximate surface area is 123 Å². The summed E-state index contributed by atoms with van der Waals surface area (Å²) in [7, 11) is 1.67. The Bertz CT molecular complexity index is 612. The molecule has 2 rings (SSSR count). The fraction of sp³-hybridized carbons (Fsp3) is 0.188. The number of carbonyl (C=O) groups excluding carboxylic acids is 1. The third-order valence-electron chi connectivity index (χ3n) is 3.37. The second-order valence-corrected chi connectivity index (χ2v) is 5.18. The Morgan fingerprint density at radius 1 is 1.15 bits per heavy atom. The number of rotatable bonds is 3. The number of benzene rings is 2. The lowest BCUT2D eigenvalue weighted by Gasteiger charge is -2.25. The van der Waals surface area contributed by atoms with Crippen molar-refractivity contribution in [1.29, 1.82) is 0 Å². The van der Waals surface area contributed by atoms with Gasteiger partial charge in [0.1, 0.15) is 5.82 Å². The molecule has 1 atom stereocenters. The minimum absolute atomic E-state index is 0.144. The first-order chi connectivity index (χ1) is 9.50. The average Bonchev–Trinajstić information content (AvgIpc) is 2.46. The number of amides is 1. The van der Waals surface area contributed by atoms with Gasteiger partial charge in [0.2, 0.25) is 0 Å². The molecule has 0 aliphatic carbocycles. The molecule has 2 aromatic rings. The number of thiol groups is 1. The highest BCUT2D eigenvalue weighted by Crippen LogP contribution is 2.23. The summed E-state index contributed by atoms with van der Waals surface area (Å²) in [5, 5.41) is 0. The maximum atomic E-state index is 13.8. The van der Waals surface area contributed by atoms with E-state index < -0.39 is 0 Å². The Kier molecular flexibility index (Phi) is 4.45. The maximum absolute atomic E-state index is 13.8. The zero-order valence-corrected chi connectivity index (χ0v) is 12.3. The second-order valence-electron chi connectivity index (χ2n) is 4.66. The summed E-state index contributed by atoms with van der Waals surface area (Å²) < 4.78 is 13.8. The molecule has 0 heterocycles. The molecule has 2 aromatic carbocycles. The van der Waals surface area contributed by atoms with Gasteiger partial charge >= 0.3 is 0 Å². The molecule has 0 radical (unpaired) electrons. The third-order valence-corrected chi connectivity index (χ3v) is 3.67.